The fourth-order valence-electron chi connectivity index (χ4n) is 3.10. The van der Waals surface area contributed by atoms with Gasteiger partial charge < -0.3 is 19.5 Å². The first-order chi connectivity index (χ1) is 15.5. The van der Waals surface area contributed by atoms with Crippen molar-refractivity contribution in [1.29, 1.82) is 0 Å². The van der Waals surface area contributed by atoms with E-state index in [1.807, 2.05) is 0 Å². The van der Waals surface area contributed by atoms with Gasteiger partial charge in [0.25, 0.3) is 5.91 Å². The molecule has 0 bridgehead atoms. The number of hydrogen-bond acceptors (Lipinski definition) is 7. The summed E-state index contributed by atoms with van der Waals surface area (Å²) in [4.78, 5) is 29.6. The monoisotopic (exact) mass is 457 g/mol. The molecule has 166 valence electrons. The number of nitrogens with zero attached hydrogens (tertiary/aromatic N) is 2. The van der Waals surface area contributed by atoms with E-state index in [9.17, 15) is 14.0 Å². The molecular formula is C22H20FN3O5S. The Bertz CT molecular complexity index is 1150. The third-order valence-corrected chi connectivity index (χ3v) is 5.32. The largest absolute Gasteiger partial charge is 0.486 e. The molecule has 3 aromatic rings. The number of rotatable bonds is 6. The van der Waals surface area contributed by atoms with Crippen molar-refractivity contribution in [3.8, 4) is 17.2 Å². The lowest BCUT2D eigenvalue weighted by molar-refractivity contribution is -0.123. The summed E-state index contributed by atoms with van der Waals surface area (Å²) in [6.45, 7) is 2.37. The number of nitrogens with one attached hydrogen (secondary N) is 1. The van der Waals surface area contributed by atoms with Gasteiger partial charge in [0.15, 0.2) is 28.5 Å². The number of anilines is 1. The first-order valence-corrected chi connectivity index (χ1v) is 11.0. The fourth-order valence-corrected chi connectivity index (χ4v) is 3.65. The number of esters is 1. The van der Waals surface area contributed by atoms with Crippen molar-refractivity contribution in [2.24, 2.45) is 0 Å². The van der Waals surface area contributed by atoms with Gasteiger partial charge in [0, 0.05) is 17.4 Å². The van der Waals surface area contributed by atoms with E-state index in [0.717, 1.165) is 0 Å². The Labute approximate surface area is 187 Å². The Morgan fingerprint density at radius 1 is 1.16 bits per heavy atom. The molecule has 1 unspecified atom stereocenters. The maximum absolute atomic E-state index is 13.3. The van der Waals surface area contributed by atoms with E-state index in [1.54, 1.807) is 29.0 Å². The average molecular weight is 457 g/mol. The first kappa shape index (κ1) is 21.7. The first-order valence-electron chi connectivity index (χ1n) is 9.75. The minimum Gasteiger partial charge on any atom is -0.486 e. The maximum Gasteiger partial charge on any atom is 0.357 e. The summed E-state index contributed by atoms with van der Waals surface area (Å²) in [5, 5.41) is 3.22. The molecule has 0 radical (unpaired) electrons. The van der Waals surface area contributed by atoms with Crippen molar-refractivity contribution < 1.29 is 28.2 Å². The van der Waals surface area contributed by atoms with Crippen molar-refractivity contribution in [1.82, 2.24) is 9.55 Å². The fraction of sp³-hybridized carbons (Fsp3) is 0.227. The molecule has 1 amide bonds. The normalized spacial score (nSPS) is 13.3. The molecule has 0 spiro atoms. The summed E-state index contributed by atoms with van der Waals surface area (Å²) in [5.74, 6) is -0.494. The van der Waals surface area contributed by atoms with Gasteiger partial charge in [-0.1, -0.05) is 11.8 Å². The van der Waals surface area contributed by atoms with Crippen LogP contribution in [0.5, 0.6) is 11.5 Å². The number of thioether (sulfide) groups is 1. The number of fused-ring (bicyclic) bond motifs is 1. The van der Waals surface area contributed by atoms with Crippen LogP contribution in [0.3, 0.4) is 0 Å². The second-order valence-corrected chi connectivity index (χ2v) is 7.61. The van der Waals surface area contributed by atoms with Crippen molar-refractivity contribution in [3.63, 3.8) is 0 Å². The second kappa shape index (κ2) is 9.31. The highest BCUT2D eigenvalue weighted by Crippen LogP contribution is 2.32. The van der Waals surface area contributed by atoms with Crippen LogP contribution in [0.2, 0.25) is 0 Å². The maximum atomic E-state index is 13.3. The number of hydrogen-bond donors (Lipinski definition) is 1. The number of carbonyl (C=O) groups excluding carboxylic acids is 2. The van der Waals surface area contributed by atoms with E-state index in [-0.39, 0.29) is 5.69 Å². The molecule has 0 saturated heterocycles. The van der Waals surface area contributed by atoms with Gasteiger partial charge in [0.2, 0.25) is 0 Å². The van der Waals surface area contributed by atoms with Gasteiger partial charge in [-0.05, 0) is 49.6 Å². The number of benzene rings is 2. The summed E-state index contributed by atoms with van der Waals surface area (Å²) in [6, 6.07) is 10.7. The Hall–Kier alpha value is -3.53. The van der Waals surface area contributed by atoms with Gasteiger partial charge in [0.05, 0.1) is 6.20 Å². The van der Waals surface area contributed by atoms with Crippen LogP contribution in [-0.2, 0) is 9.53 Å². The highest BCUT2D eigenvalue weighted by molar-refractivity contribution is 7.98. The van der Waals surface area contributed by atoms with Gasteiger partial charge in [-0.25, -0.2) is 14.2 Å². The van der Waals surface area contributed by atoms with E-state index >= 15 is 0 Å². The van der Waals surface area contributed by atoms with E-state index in [0.29, 0.717) is 41.2 Å². The van der Waals surface area contributed by atoms with Crippen LogP contribution in [-0.4, -0.2) is 47.0 Å². The summed E-state index contributed by atoms with van der Waals surface area (Å²) in [6.07, 6.45) is 2.09. The molecular weight excluding hydrogens is 437 g/mol. The van der Waals surface area contributed by atoms with Gasteiger partial charge >= 0.3 is 5.97 Å². The van der Waals surface area contributed by atoms with Crippen LogP contribution in [0, 0.1) is 5.82 Å². The summed E-state index contributed by atoms with van der Waals surface area (Å²) in [5.41, 5.74) is 1.16. The number of imidazole rings is 1. The van der Waals surface area contributed by atoms with Crippen LogP contribution in [0.15, 0.2) is 53.8 Å². The minimum atomic E-state index is -1.08. The van der Waals surface area contributed by atoms with Gasteiger partial charge in [-0.3, -0.25) is 9.36 Å². The molecule has 8 nitrogen and oxygen atoms in total. The SMILES string of the molecule is CSc1ncc(C(=O)OC(C)C(=O)Nc2ccc3c(c2)OCCO3)n1-c1ccc(F)cc1. The Morgan fingerprint density at radius 2 is 1.88 bits per heavy atom. The van der Waals surface area contributed by atoms with Crippen LogP contribution in [0.4, 0.5) is 10.1 Å². The predicted octanol–water partition coefficient (Wildman–Crippen LogP) is 3.69. The van der Waals surface area contributed by atoms with Crippen LogP contribution in [0.1, 0.15) is 17.4 Å². The lowest BCUT2D eigenvalue weighted by Crippen LogP contribution is -2.30. The molecule has 1 atom stereocenters. The van der Waals surface area contributed by atoms with Gasteiger partial charge in [0.1, 0.15) is 19.0 Å². The Kier molecular flexibility index (Phi) is 6.31. The quantitative estimate of drug-likeness (QED) is 0.446. The van der Waals surface area contributed by atoms with E-state index in [1.165, 1.54) is 49.1 Å². The summed E-state index contributed by atoms with van der Waals surface area (Å²) in [7, 11) is 0. The van der Waals surface area contributed by atoms with Gasteiger partial charge in [-0.2, -0.15) is 0 Å². The minimum absolute atomic E-state index is 0.125. The lowest BCUT2D eigenvalue weighted by Gasteiger charge is -2.19. The Morgan fingerprint density at radius 3 is 2.59 bits per heavy atom. The molecule has 1 N–H and O–H groups in total. The molecule has 2 aromatic carbocycles. The zero-order chi connectivity index (χ0) is 22.7. The van der Waals surface area contributed by atoms with Crippen molar-refractivity contribution >= 4 is 29.3 Å². The highest BCUT2D eigenvalue weighted by atomic mass is 32.2. The third kappa shape index (κ3) is 4.54. The zero-order valence-corrected chi connectivity index (χ0v) is 18.1. The molecule has 0 aliphatic carbocycles. The smallest absolute Gasteiger partial charge is 0.357 e. The van der Waals surface area contributed by atoms with E-state index < -0.39 is 23.8 Å². The molecule has 1 aromatic heterocycles. The van der Waals surface area contributed by atoms with Crippen molar-refractivity contribution in [3.05, 3.63) is 60.2 Å². The number of ether oxygens (including phenoxy) is 3. The lowest BCUT2D eigenvalue weighted by atomic mass is 10.2. The molecule has 0 fully saturated rings. The number of aromatic nitrogens is 2. The molecule has 1 aliphatic rings. The third-order valence-electron chi connectivity index (χ3n) is 4.67. The molecule has 2 heterocycles. The van der Waals surface area contributed by atoms with Crippen LogP contribution in [0.25, 0.3) is 5.69 Å². The molecule has 4 rings (SSSR count). The highest BCUT2D eigenvalue weighted by Gasteiger charge is 2.24. The van der Waals surface area contributed by atoms with Crippen LogP contribution < -0.4 is 14.8 Å². The number of carbonyl (C=O) groups is 2. The van der Waals surface area contributed by atoms with E-state index in [2.05, 4.69) is 10.3 Å². The number of halogens is 1. The molecule has 1 aliphatic heterocycles. The average Bonchev–Trinajstić information content (AvgIpc) is 3.23. The predicted molar refractivity (Wildman–Crippen MR) is 116 cm³/mol. The Balaban J connectivity index is 1.47. The standard InChI is InChI=1S/C22H20FN3O5S/c1-13(20(27)25-15-5-8-18-19(11-15)30-10-9-29-18)31-21(28)17-12-24-22(32-2)26(17)16-6-3-14(23)4-7-16/h3-8,11-13H,9-10H2,1-2H3,(H,25,27). The van der Waals surface area contributed by atoms with Gasteiger partial charge in [-0.15, -0.1) is 0 Å². The van der Waals surface area contributed by atoms with Crippen molar-refractivity contribution in [2.45, 2.75) is 18.2 Å². The topological polar surface area (TPSA) is 91.7 Å². The summed E-state index contributed by atoms with van der Waals surface area (Å²) < 4.78 is 31.2. The number of amides is 1. The van der Waals surface area contributed by atoms with E-state index in [4.69, 9.17) is 14.2 Å². The molecule has 10 heteroatoms. The zero-order valence-electron chi connectivity index (χ0n) is 17.3. The second-order valence-electron chi connectivity index (χ2n) is 6.84. The summed E-state index contributed by atoms with van der Waals surface area (Å²) >= 11 is 1.32. The van der Waals surface area contributed by atoms with Crippen LogP contribution >= 0.6 is 11.8 Å². The molecule has 0 saturated carbocycles. The molecule has 32 heavy (non-hydrogen) atoms. The van der Waals surface area contributed by atoms with Crippen molar-refractivity contribution in [2.75, 3.05) is 24.8 Å².